The van der Waals surface area contributed by atoms with Crippen molar-refractivity contribution >= 4 is 21.9 Å². The monoisotopic (exact) mass is 341 g/mol. The second kappa shape index (κ2) is 5.75. The summed E-state index contributed by atoms with van der Waals surface area (Å²) in [6.07, 6.45) is 0.460. The van der Waals surface area contributed by atoms with Crippen LogP contribution in [-0.4, -0.2) is 16.2 Å². The number of carboxylic acids is 1. The summed E-state index contributed by atoms with van der Waals surface area (Å²) in [5.41, 5.74) is 0.491. The maximum Gasteiger partial charge on any atom is 0.341 e. The van der Waals surface area contributed by atoms with E-state index in [4.69, 9.17) is 4.52 Å². The molecule has 1 aromatic heterocycles. The van der Waals surface area contributed by atoms with Crippen LogP contribution in [0.15, 0.2) is 27.2 Å². The first kappa shape index (κ1) is 14.7. The fourth-order valence-corrected chi connectivity index (χ4v) is 2.35. The van der Waals surface area contributed by atoms with Gasteiger partial charge in [-0.3, -0.25) is 0 Å². The van der Waals surface area contributed by atoms with Gasteiger partial charge in [0.25, 0.3) is 0 Å². The number of carboxylic acid groups (broad SMARTS) is 1. The molecule has 0 amide bonds. The van der Waals surface area contributed by atoms with Gasteiger partial charge in [0.15, 0.2) is 5.76 Å². The third-order valence-corrected chi connectivity index (χ3v) is 3.45. The zero-order chi connectivity index (χ0) is 14.9. The molecule has 0 aliphatic carbocycles. The van der Waals surface area contributed by atoms with Crippen molar-refractivity contribution in [3.8, 4) is 11.3 Å². The van der Waals surface area contributed by atoms with Crippen LogP contribution in [0.5, 0.6) is 0 Å². The Balaban J connectivity index is 2.59. The number of carbonyl (C=O) groups is 1. The number of hydrogen-bond donors (Lipinski definition) is 1. The Labute approximate surface area is 123 Å². The lowest BCUT2D eigenvalue weighted by molar-refractivity contribution is 0.0695. The molecule has 0 aliphatic heterocycles. The van der Waals surface area contributed by atoms with Crippen molar-refractivity contribution in [3.05, 3.63) is 39.8 Å². The largest absolute Gasteiger partial charge is 0.477 e. The molecule has 0 saturated heterocycles. The molecule has 2 aromatic rings. The van der Waals surface area contributed by atoms with Crippen molar-refractivity contribution in [1.29, 1.82) is 0 Å². The highest BCUT2D eigenvalue weighted by atomic mass is 79.9. The normalized spacial score (nSPS) is 11.1. The molecule has 1 N–H and O–H groups in total. The Morgan fingerprint density at radius 1 is 1.50 bits per heavy atom. The lowest BCUT2D eigenvalue weighted by Gasteiger charge is -2.04. The van der Waals surface area contributed by atoms with E-state index in [1.807, 2.05) is 13.8 Å². The SMILES string of the molecule is CC(C)Cc1onc(-c2cc(F)ccc2Br)c1C(=O)O. The van der Waals surface area contributed by atoms with E-state index in [1.165, 1.54) is 18.2 Å². The number of aromatic carboxylic acids is 1. The molecule has 1 aromatic carbocycles. The Morgan fingerprint density at radius 2 is 2.20 bits per heavy atom. The summed E-state index contributed by atoms with van der Waals surface area (Å²) in [5, 5.41) is 13.2. The molecule has 0 radical (unpaired) electrons. The summed E-state index contributed by atoms with van der Waals surface area (Å²) in [6.45, 7) is 3.90. The van der Waals surface area contributed by atoms with Crippen molar-refractivity contribution in [2.75, 3.05) is 0 Å². The van der Waals surface area contributed by atoms with E-state index >= 15 is 0 Å². The Bertz CT molecular complexity index is 652. The molecule has 0 atom stereocenters. The average molecular weight is 342 g/mol. The van der Waals surface area contributed by atoms with E-state index in [9.17, 15) is 14.3 Å². The number of benzene rings is 1. The standard InChI is InChI=1S/C14H13BrFNO3/c1-7(2)5-11-12(14(18)19)13(17-20-11)9-6-8(16)3-4-10(9)15/h3-4,6-7H,5H2,1-2H3,(H,18,19). The summed E-state index contributed by atoms with van der Waals surface area (Å²) in [5.74, 6) is -1.07. The Morgan fingerprint density at radius 3 is 2.80 bits per heavy atom. The quantitative estimate of drug-likeness (QED) is 0.907. The van der Waals surface area contributed by atoms with Gasteiger partial charge in [-0.2, -0.15) is 0 Å². The predicted molar refractivity (Wildman–Crippen MR) is 75.1 cm³/mol. The minimum Gasteiger partial charge on any atom is -0.477 e. The van der Waals surface area contributed by atoms with Crippen molar-refractivity contribution in [2.24, 2.45) is 5.92 Å². The highest BCUT2D eigenvalue weighted by molar-refractivity contribution is 9.10. The number of nitrogens with zero attached hydrogens (tertiary/aromatic N) is 1. The molecule has 4 nitrogen and oxygen atoms in total. The molecule has 106 valence electrons. The minimum atomic E-state index is -1.13. The summed E-state index contributed by atoms with van der Waals surface area (Å²) < 4.78 is 19.1. The number of hydrogen-bond acceptors (Lipinski definition) is 3. The first-order valence-corrected chi connectivity index (χ1v) is 6.86. The van der Waals surface area contributed by atoms with Crippen LogP contribution < -0.4 is 0 Å². The van der Waals surface area contributed by atoms with E-state index in [0.717, 1.165) is 0 Å². The molecular formula is C14H13BrFNO3. The lowest BCUT2D eigenvalue weighted by Crippen LogP contribution is -2.04. The van der Waals surface area contributed by atoms with E-state index < -0.39 is 11.8 Å². The van der Waals surface area contributed by atoms with Crippen molar-refractivity contribution in [1.82, 2.24) is 5.16 Å². The molecule has 0 fully saturated rings. The molecule has 1 heterocycles. The molecule has 0 unspecified atom stereocenters. The zero-order valence-corrected chi connectivity index (χ0v) is 12.6. The maximum atomic E-state index is 13.4. The van der Waals surface area contributed by atoms with E-state index in [0.29, 0.717) is 22.2 Å². The van der Waals surface area contributed by atoms with Crippen LogP contribution in [0, 0.1) is 11.7 Å². The molecule has 6 heteroatoms. The maximum absolute atomic E-state index is 13.4. The topological polar surface area (TPSA) is 63.3 Å². The van der Waals surface area contributed by atoms with Crippen LogP contribution in [-0.2, 0) is 6.42 Å². The second-order valence-corrected chi connectivity index (χ2v) is 5.71. The number of aromatic nitrogens is 1. The fraction of sp³-hybridized carbons (Fsp3) is 0.286. The minimum absolute atomic E-state index is 0.00926. The van der Waals surface area contributed by atoms with E-state index in [1.54, 1.807) is 0 Å². The van der Waals surface area contributed by atoms with E-state index in [-0.39, 0.29) is 17.2 Å². The third kappa shape index (κ3) is 2.90. The molecule has 20 heavy (non-hydrogen) atoms. The van der Waals surface area contributed by atoms with Gasteiger partial charge in [0.2, 0.25) is 0 Å². The highest BCUT2D eigenvalue weighted by Crippen LogP contribution is 2.33. The third-order valence-electron chi connectivity index (χ3n) is 2.75. The Kier molecular flexibility index (Phi) is 4.23. The molecule has 0 bridgehead atoms. The van der Waals surface area contributed by atoms with Gasteiger partial charge >= 0.3 is 5.97 Å². The molecule has 0 saturated carbocycles. The van der Waals surface area contributed by atoms with Crippen molar-refractivity contribution < 1.29 is 18.8 Å². The summed E-state index contributed by atoms with van der Waals surface area (Å²) in [7, 11) is 0. The summed E-state index contributed by atoms with van der Waals surface area (Å²) in [4.78, 5) is 11.4. The fourth-order valence-electron chi connectivity index (χ4n) is 1.92. The van der Waals surface area contributed by atoms with Gasteiger partial charge in [0.05, 0.1) is 0 Å². The lowest BCUT2D eigenvalue weighted by atomic mass is 10.0. The van der Waals surface area contributed by atoms with Crippen LogP contribution in [0.3, 0.4) is 0 Å². The molecule has 0 spiro atoms. The zero-order valence-electron chi connectivity index (χ0n) is 11.0. The average Bonchev–Trinajstić information content (AvgIpc) is 2.75. The van der Waals surface area contributed by atoms with Crippen molar-refractivity contribution in [3.63, 3.8) is 0 Å². The van der Waals surface area contributed by atoms with Gasteiger partial charge in [0, 0.05) is 16.5 Å². The molecule has 2 rings (SSSR count). The van der Waals surface area contributed by atoms with Crippen LogP contribution in [0.1, 0.15) is 30.0 Å². The predicted octanol–water partition coefficient (Wildman–Crippen LogP) is 4.14. The molecular weight excluding hydrogens is 329 g/mol. The van der Waals surface area contributed by atoms with Crippen molar-refractivity contribution in [2.45, 2.75) is 20.3 Å². The number of rotatable bonds is 4. The van der Waals surface area contributed by atoms with Gasteiger partial charge < -0.3 is 9.63 Å². The number of halogens is 2. The van der Waals surface area contributed by atoms with Crippen LogP contribution in [0.2, 0.25) is 0 Å². The highest BCUT2D eigenvalue weighted by Gasteiger charge is 2.25. The van der Waals surface area contributed by atoms with Gasteiger partial charge in [0.1, 0.15) is 17.1 Å². The van der Waals surface area contributed by atoms with Gasteiger partial charge in [-0.1, -0.05) is 34.9 Å². The van der Waals surface area contributed by atoms with Gasteiger partial charge in [-0.25, -0.2) is 9.18 Å². The summed E-state index contributed by atoms with van der Waals surface area (Å²) >= 11 is 3.27. The Hall–Kier alpha value is -1.69. The van der Waals surface area contributed by atoms with Crippen LogP contribution in [0.4, 0.5) is 4.39 Å². The van der Waals surface area contributed by atoms with Crippen LogP contribution in [0.25, 0.3) is 11.3 Å². The van der Waals surface area contributed by atoms with Crippen LogP contribution >= 0.6 is 15.9 Å². The molecule has 0 aliphatic rings. The summed E-state index contributed by atoms with van der Waals surface area (Å²) in [6, 6.07) is 4.02. The first-order valence-electron chi connectivity index (χ1n) is 6.07. The first-order chi connectivity index (χ1) is 9.40. The smallest absolute Gasteiger partial charge is 0.341 e. The second-order valence-electron chi connectivity index (χ2n) is 4.86. The van der Waals surface area contributed by atoms with Gasteiger partial charge in [-0.05, 0) is 24.1 Å². The van der Waals surface area contributed by atoms with E-state index in [2.05, 4.69) is 21.1 Å². The van der Waals surface area contributed by atoms with Gasteiger partial charge in [-0.15, -0.1) is 0 Å².